The number of carbonyl (C=O) groups excluding carboxylic acids is 1. The van der Waals surface area contributed by atoms with Crippen LogP contribution in [-0.2, 0) is 14.8 Å². The molecule has 1 atom stereocenters. The topological polar surface area (TPSA) is 96.3 Å². The van der Waals surface area contributed by atoms with E-state index in [9.17, 15) is 18.3 Å². The van der Waals surface area contributed by atoms with Crippen LogP contribution in [-0.4, -0.2) is 48.1 Å². The number of hydrogen-bond donors (Lipinski definition) is 1. The number of nitrogens with zero attached hydrogens (tertiary/aromatic N) is 2. The van der Waals surface area contributed by atoms with E-state index in [0.29, 0.717) is 24.3 Å². The highest BCUT2D eigenvalue weighted by Crippen LogP contribution is 2.38. The number of benzene rings is 2. The van der Waals surface area contributed by atoms with Gasteiger partial charge in [-0.25, -0.2) is 12.7 Å². The van der Waals surface area contributed by atoms with Crippen molar-refractivity contribution in [2.75, 3.05) is 13.2 Å². The number of ether oxygens (including phenoxy) is 1. The molecule has 0 aromatic heterocycles. The molecule has 30 heavy (non-hydrogen) atoms. The number of amides is 1. The molecule has 160 valence electrons. The van der Waals surface area contributed by atoms with Gasteiger partial charge >= 0.3 is 0 Å². The molecular formula is C22H26N2O5S. The van der Waals surface area contributed by atoms with Crippen LogP contribution in [0.25, 0.3) is 0 Å². The molecule has 0 spiro atoms. The Balaban J connectivity index is 1.80. The fourth-order valence-electron chi connectivity index (χ4n) is 3.40. The Bertz CT molecular complexity index is 1040. The molecule has 2 aromatic carbocycles. The molecule has 0 aliphatic carbocycles. The Kier molecular flexibility index (Phi) is 6.17. The van der Waals surface area contributed by atoms with E-state index in [1.807, 2.05) is 0 Å². The second kappa shape index (κ2) is 8.47. The minimum absolute atomic E-state index is 0.0356. The Morgan fingerprint density at radius 3 is 2.43 bits per heavy atom. The molecule has 1 aliphatic heterocycles. The summed E-state index contributed by atoms with van der Waals surface area (Å²) in [6.07, 6.45) is 0.490. The predicted molar refractivity (Wildman–Crippen MR) is 115 cm³/mol. The van der Waals surface area contributed by atoms with Crippen molar-refractivity contribution in [2.24, 2.45) is 4.99 Å². The van der Waals surface area contributed by atoms with Gasteiger partial charge in [0.2, 0.25) is 0 Å². The van der Waals surface area contributed by atoms with Crippen LogP contribution in [0, 0.1) is 0 Å². The van der Waals surface area contributed by atoms with Gasteiger partial charge in [-0.05, 0) is 38.5 Å². The summed E-state index contributed by atoms with van der Waals surface area (Å²) < 4.78 is 33.0. The van der Waals surface area contributed by atoms with Crippen molar-refractivity contribution in [1.29, 1.82) is 0 Å². The summed E-state index contributed by atoms with van der Waals surface area (Å²) in [6, 6.07) is 15.1. The van der Waals surface area contributed by atoms with Gasteiger partial charge in [-0.1, -0.05) is 36.4 Å². The fraction of sp³-hybridized carbons (Fsp3) is 0.364. The number of hydrogen-bond acceptors (Lipinski definition) is 6. The highest BCUT2D eigenvalue weighted by molar-refractivity contribution is 7.91. The maximum atomic E-state index is 13.2. The number of aliphatic imine (C=N–C) groups is 1. The van der Waals surface area contributed by atoms with E-state index in [1.165, 1.54) is 6.07 Å². The lowest BCUT2D eigenvalue weighted by Gasteiger charge is -2.30. The zero-order chi connectivity index (χ0) is 21.9. The first-order valence-corrected chi connectivity index (χ1v) is 11.2. The number of sulfonamides is 1. The lowest BCUT2D eigenvalue weighted by molar-refractivity contribution is -0.122. The zero-order valence-corrected chi connectivity index (χ0v) is 18.1. The normalized spacial score (nSPS) is 20.0. The molecule has 1 unspecified atom stereocenters. The molecule has 1 fully saturated rings. The average molecular weight is 431 g/mol. The third-order valence-corrected chi connectivity index (χ3v) is 6.90. The maximum absolute atomic E-state index is 13.2. The Morgan fingerprint density at radius 2 is 1.80 bits per heavy atom. The van der Waals surface area contributed by atoms with Crippen LogP contribution in [0.15, 0.2) is 59.6 Å². The van der Waals surface area contributed by atoms with Gasteiger partial charge in [0.1, 0.15) is 17.2 Å². The highest BCUT2D eigenvalue weighted by atomic mass is 32.2. The third kappa shape index (κ3) is 4.48. The van der Waals surface area contributed by atoms with Gasteiger partial charge in [-0.3, -0.25) is 9.79 Å². The summed E-state index contributed by atoms with van der Waals surface area (Å²) >= 11 is 0. The van der Waals surface area contributed by atoms with E-state index >= 15 is 0 Å². The van der Waals surface area contributed by atoms with Crippen LogP contribution >= 0.6 is 0 Å². The molecule has 7 nitrogen and oxygen atoms in total. The molecule has 0 radical (unpaired) electrons. The molecular weight excluding hydrogens is 404 g/mol. The number of phenols is 1. The standard InChI is InChI=1S/C22H26N2O5S/c1-22(2,3)24-21(26)19(20(30(24,27)28)16-9-5-4-6-10-16)23-13-8-14-29-18-12-7-11-17(25)15-18/h4-7,9-12,15,20,25H,8,13-14H2,1-3H3. The minimum atomic E-state index is -3.93. The van der Waals surface area contributed by atoms with Gasteiger partial charge in [0.25, 0.3) is 15.9 Å². The van der Waals surface area contributed by atoms with Crippen molar-refractivity contribution < 1.29 is 23.1 Å². The summed E-state index contributed by atoms with van der Waals surface area (Å²) in [5.74, 6) is 0.0657. The lowest BCUT2D eigenvalue weighted by atomic mass is 10.1. The van der Waals surface area contributed by atoms with E-state index < -0.39 is 26.7 Å². The van der Waals surface area contributed by atoms with Gasteiger partial charge in [-0.2, -0.15) is 0 Å². The summed E-state index contributed by atoms with van der Waals surface area (Å²) in [4.78, 5) is 17.4. The number of aromatic hydroxyl groups is 1. The average Bonchev–Trinajstić information content (AvgIpc) is 2.87. The van der Waals surface area contributed by atoms with E-state index in [-0.39, 0.29) is 18.0 Å². The van der Waals surface area contributed by atoms with Gasteiger partial charge in [0, 0.05) is 19.0 Å². The molecule has 1 saturated heterocycles. The van der Waals surface area contributed by atoms with Crippen LogP contribution in [0.1, 0.15) is 38.0 Å². The fourth-order valence-corrected chi connectivity index (χ4v) is 5.66. The van der Waals surface area contributed by atoms with E-state index in [2.05, 4.69) is 4.99 Å². The van der Waals surface area contributed by atoms with Gasteiger partial charge in [0.05, 0.1) is 12.1 Å². The van der Waals surface area contributed by atoms with Crippen molar-refractivity contribution >= 4 is 21.6 Å². The Morgan fingerprint density at radius 1 is 1.10 bits per heavy atom. The quantitative estimate of drug-likeness (QED) is 0.709. The van der Waals surface area contributed by atoms with Crippen molar-refractivity contribution in [3.8, 4) is 11.5 Å². The second-order valence-electron chi connectivity index (χ2n) is 8.04. The van der Waals surface area contributed by atoms with Crippen molar-refractivity contribution in [3.05, 3.63) is 60.2 Å². The first-order valence-electron chi connectivity index (χ1n) is 9.72. The van der Waals surface area contributed by atoms with Gasteiger partial charge in [-0.15, -0.1) is 0 Å². The summed E-state index contributed by atoms with van der Waals surface area (Å²) in [6.45, 7) is 5.64. The van der Waals surface area contributed by atoms with Crippen LogP contribution < -0.4 is 4.74 Å². The molecule has 0 bridgehead atoms. The van der Waals surface area contributed by atoms with Gasteiger partial charge < -0.3 is 9.84 Å². The SMILES string of the molecule is CC(C)(C)N1C(=O)C(=NCCCOc2cccc(O)c2)C(c2ccccc2)S1(=O)=O. The van der Waals surface area contributed by atoms with Crippen LogP contribution in [0.2, 0.25) is 0 Å². The maximum Gasteiger partial charge on any atom is 0.283 e. The molecule has 1 heterocycles. The number of carbonyl (C=O) groups is 1. The zero-order valence-electron chi connectivity index (χ0n) is 17.3. The Hall–Kier alpha value is -2.87. The minimum Gasteiger partial charge on any atom is -0.508 e. The smallest absolute Gasteiger partial charge is 0.283 e. The molecule has 0 saturated carbocycles. The predicted octanol–water partition coefficient (Wildman–Crippen LogP) is 3.31. The lowest BCUT2D eigenvalue weighted by Crippen LogP contribution is -2.45. The van der Waals surface area contributed by atoms with E-state index in [0.717, 1.165) is 4.31 Å². The van der Waals surface area contributed by atoms with Crippen molar-refractivity contribution in [2.45, 2.75) is 38.0 Å². The molecule has 3 rings (SSSR count). The largest absolute Gasteiger partial charge is 0.508 e. The summed E-state index contributed by atoms with van der Waals surface area (Å²) in [5, 5.41) is 8.35. The number of rotatable bonds is 6. The molecule has 2 aromatic rings. The third-order valence-electron chi connectivity index (χ3n) is 4.59. The molecule has 1 amide bonds. The molecule has 1 aliphatic rings. The van der Waals surface area contributed by atoms with Crippen LogP contribution in [0.5, 0.6) is 11.5 Å². The van der Waals surface area contributed by atoms with Gasteiger partial charge in [0.15, 0.2) is 5.25 Å². The first kappa shape index (κ1) is 21.8. The number of phenolic OH excluding ortho intramolecular Hbond substituents is 1. The first-order chi connectivity index (χ1) is 14.1. The second-order valence-corrected chi connectivity index (χ2v) is 9.91. The van der Waals surface area contributed by atoms with Crippen molar-refractivity contribution in [1.82, 2.24) is 4.31 Å². The van der Waals surface area contributed by atoms with E-state index in [4.69, 9.17) is 4.74 Å². The summed E-state index contributed by atoms with van der Waals surface area (Å²) in [7, 11) is -3.93. The molecule has 8 heteroatoms. The monoisotopic (exact) mass is 430 g/mol. The van der Waals surface area contributed by atoms with Crippen molar-refractivity contribution in [3.63, 3.8) is 0 Å². The van der Waals surface area contributed by atoms with E-state index in [1.54, 1.807) is 69.3 Å². The van der Waals surface area contributed by atoms with Crippen LogP contribution in [0.4, 0.5) is 0 Å². The Labute approximate surface area is 177 Å². The highest BCUT2D eigenvalue weighted by Gasteiger charge is 2.54. The molecule has 1 N–H and O–H groups in total. The summed E-state index contributed by atoms with van der Waals surface area (Å²) in [5.41, 5.74) is -0.334. The van der Waals surface area contributed by atoms with Crippen LogP contribution in [0.3, 0.4) is 0 Å².